The number of carbonyl (C=O) groups is 2. The van der Waals surface area contributed by atoms with Gasteiger partial charge in [0.1, 0.15) is 11.9 Å². The summed E-state index contributed by atoms with van der Waals surface area (Å²) in [6.45, 7) is 0. The topological polar surface area (TPSA) is 57.6 Å². The summed E-state index contributed by atoms with van der Waals surface area (Å²) in [5.41, 5.74) is 0. The smallest absolute Gasteiger partial charge is 0.327 e. The third-order valence-electron chi connectivity index (χ3n) is 3.44. The third-order valence-corrected chi connectivity index (χ3v) is 5.13. The van der Waals surface area contributed by atoms with Crippen molar-refractivity contribution < 1.29 is 14.7 Å². The van der Waals surface area contributed by atoms with Crippen LogP contribution in [-0.4, -0.2) is 44.9 Å². The van der Waals surface area contributed by atoms with Crippen molar-refractivity contribution in [1.82, 2.24) is 4.90 Å². The van der Waals surface area contributed by atoms with E-state index in [9.17, 15) is 14.7 Å². The maximum absolute atomic E-state index is 11.9. The van der Waals surface area contributed by atoms with Crippen molar-refractivity contribution in [1.29, 1.82) is 0 Å². The molecule has 2 rings (SSSR count). The van der Waals surface area contributed by atoms with Gasteiger partial charge in [-0.1, -0.05) is 12.2 Å². The van der Waals surface area contributed by atoms with Crippen molar-refractivity contribution in [2.24, 2.45) is 5.92 Å². The normalized spacial score (nSPS) is 31.6. The highest BCUT2D eigenvalue weighted by atomic mass is 35.5. The minimum absolute atomic E-state index is 0.0395. The highest BCUT2D eigenvalue weighted by Crippen LogP contribution is 2.39. The number of hydrogen-bond acceptors (Lipinski definition) is 3. The summed E-state index contributed by atoms with van der Waals surface area (Å²) in [7, 11) is 0. The molecule has 0 aromatic heterocycles. The molecule has 4 nitrogen and oxygen atoms in total. The number of aliphatic carboxylic acids is 1. The molecule has 0 spiro atoms. The van der Waals surface area contributed by atoms with Crippen molar-refractivity contribution in [2.75, 3.05) is 11.6 Å². The SMILES string of the molecule is O=C(O)[C@@H]1CSC(C2CC=CCC2)N1C(=O)CCl. The zero-order valence-electron chi connectivity index (χ0n) is 9.92. The van der Waals surface area contributed by atoms with Gasteiger partial charge in [0, 0.05) is 5.75 Å². The monoisotopic (exact) mass is 289 g/mol. The fraction of sp³-hybridized carbons (Fsp3) is 0.667. The Morgan fingerprint density at radius 2 is 2.22 bits per heavy atom. The lowest BCUT2D eigenvalue weighted by Gasteiger charge is -2.33. The third kappa shape index (κ3) is 2.67. The molecule has 6 heteroatoms. The molecule has 100 valence electrons. The second kappa shape index (κ2) is 5.97. The van der Waals surface area contributed by atoms with Gasteiger partial charge in [-0.15, -0.1) is 23.4 Å². The number of amides is 1. The van der Waals surface area contributed by atoms with E-state index in [1.807, 2.05) is 0 Å². The van der Waals surface area contributed by atoms with Crippen LogP contribution in [0.15, 0.2) is 12.2 Å². The summed E-state index contributed by atoms with van der Waals surface area (Å²) in [4.78, 5) is 24.6. The lowest BCUT2D eigenvalue weighted by molar-refractivity contribution is -0.148. The lowest BCUT2D eigenvalue weighted by Crippen LogP contribution is -2.48. The van der Waals surface area contributed by atoms with E-state index in [0.717, 1.165) is 19.3 Å². The number of allylic oxidation sites excluding steroid dienone is 2. The molecule has 2 aliphatic rings. The fourth-order valence-electron chi connectivity index (χ4n) is 2.54. The number of thioether (sulfide) groups is 1. The van der Waals surface area contributed by atoms with Crippen LogP contribution in [-0.2, 0) is 9.59 Å². The van der Waals surface area contributed by atoms with Crippen molar-refractivity contribution >= 4 is 35.2 Å². The minimum Gasteiger partial charge on any atom is -0.480 e. The number of hydrogen-bond donors (Lipinski definition) is 1. The molecule has 3 atom stereocenters. The van der Waals surface area contributed by atoms with Gasteiger partial charge in [0.15, 0.2) is 0 Å². The quantitative estimate of drug-likeness (QED) is 0.637. The first kappa shape index (κ1) is 13.7. The second-order valence-corrected chi connectivity index (χ2v) is 5.97. The van der Waals surface area contributed by atoms with Crippen LogP contribution in [0.4, 0.5) is 0 Å². The first-order valence-corrected chi connectivity index (χ1v) is 7.60. The van der Waals surface area contributed by atoms with E-state index in [4.69, 9.17) is 11.6 Å². The molecule has 1 amide bonds. The molecule has 1 aliphatic heterocycles. The van der Waals surface area contributed by atoms with Crippen molar-refractivity contribution in [2.45, 2.75) is 30.7 Å². The molecule has 0 saturated carbocycles. The Balaban J connectivity index is 2.16. The summed E-state index contributed by atoms with van der Waals surface area (Å²) in [5.74, 6) is -0.549. The molecule has 2 unspecified atom stereocenters. The molecular formula is C12H16ClNO3S. The maximum atomic E-state index is 11.9. The average molecular weight is 290 g/mol. The Morgan fingerprint density at radius 3 is 2.78 bits per heavy atom. The molecule has 0 bridgehead atoms. The zero-order chi connectivity index (χ0) is 13.1. The van der Waals surface area contributed by atoms with Gasteiger partial charge in [-0.25, -0.2) is 4.79 Å². The van der Waals surface area contributed by atoms with Gasteiger partial charge in [-0.3, -0.25) is 4.79 Å². The van der Waals surface area contributed by atoms with Crippen LogP contribution >= 0.6 is 23.4 Å². The maximum Gasteiger partial charge on any atom is 0.327 e. The Kier molecular flexibility index (Phi) is 4.56. The molecule has 1 saturated heterocycles. The van der Waals surface area contributed by atoms with Gasteiger partial charge < -0.3 is 10.0 Å². The second-order valence-electron chi connectivity index (χ2n) is 4.56. The van der Waals surface area contributed by atoms with E-state index in [2.05, 4.69) is 12.2 Å². The molecule has 0 aromatic rings. The van der Waals surface area contributed by atoms with Crippen molar-refractivity contribution in [3.63, 3.8) is 0 Å². The Bertz CT molecular complexity index is 374. The van der Waals surface area contributed by atoms with E-state index in [1.54, 1.807) is 11.8 Å². The highest BCUT2D eigenvalue weighted by Gasteiger charge is 2.44. The largest absolute Gasteiger partial charge is 0.480 e. The summed E-state index contributed by atoms with van der Waals surface area (Å²) in [5, 5.41) is 9.14. The Labute approximate surface area is 115 Å². The van der Waals surface area contributed by atoms with Crippen molar-refractivity contribution in [3.05, 3.63) is 12.2 Å². The van der Waals surface area contributed by atoms with Gasteiger partial charge in [-0.05, 0) is 25.2 Å². The molecular weight excluding hydrogens is 274 g/mol. The fourth-order valence-corrected chi connectivity index (χ4v) is 4.31. The van der Waals surface area contributed by atoms with E-state index in [-0.39, 0.29) is 17.2 Å². The van der Waals surface area contributed by atoms with Crippen LogP contribution in [0.3, 0.4) is 0 Å². The van der Waals surface area contributed by atoms with Crippen molar-refractivity contribution in [3.8, 4) is 0 Å². The highest BCUT2D eigenvalue weighted by molar-refractivity contribution is 8.00. The molecule has 1 heterocycles. The van der Waals surface area contributed by atoms with Crippen LogP contribution < -0.4 is 0 Å². The molecule has 1 fully saturated rings. The summed E-state index contributed by atoms with van der Waals surface area (Å²) >= 11 is 7.17. The Morgan fingerprint density at radius 1 is 1.44 bits per heavy atom. The standard InChI is InChI=1S/C12H16ClNO3S/c13-6-10(15)14-9(12(16)17)7-18-11(14)8-4-2-1-3-5-8/h1-2,8-9,11H,3-7H2,(H,16,17)/t8?,9-,11?/m0/s1. The molecule has 18 heavy (non-hydrogen) atoms. The average Bonchev–Trinajstić information content (AvgIpc) is 2.83. The van der Waals surface area contributed by atoms with Crippen LogP contribution in [0.1, 0.15) is 19.3 Å². The van der Waals surface area contributed by atoms with Gasteiger partial charge in [-0.2, -0.15) is 0 Å². The first-order valence-electron chi connectivity index (χ1n) is 6.01. The summed E-state index contributed by atoms with van der Waals surface area (Å²) < 4.78 is 0. The van der Waals surface area contributed by atoms with Gasteiger partial charge in [0.25, 0.3) is 0 Å². The van der Waals surface area contributed by atoms with Crippen LogP contribution in [0.25, 0.3) is 0 Å². The minimum atomic E-state index is -0.935. The zero-order valence-corrected chi connectivity index (χ0v) is 11.5. The van der Waals surface area contributed by atoms with E-state index in [0.29, 0.717) is 11.7 Å². The van der Waals surface area contributed by atoms with Gasteiger partial charge in [0.2, 0.25) is 5.91 Å². The van der Waals surface area contributed by atoms with E-state index >= 15 is 0 Å². The molecule has 0 aromatic carbocycles. The van der Waals surface area contributed by atoms with Crippen LogP contribution in [0.5, 0.6) is 0 Å². The number of carboxylic acid groups (broad SMARTS) is 1. The molecule has 1 N–H and O–H groups in total. The Hall–Kier alpha value is -0.680. The van der Waals surface area contributed by atoms with Crippen LogP contribution in [0.2, 0.25) is 0 Å². The van der Waals surface area contributed by atoms with Gasteiger partial charge in [0.05, 0.1) is 5.37 Å². The summed E-state index contributed by atoms with van der Waals surface area (Å²) in [6.07, 6.45) is 7.18. The predicted molar refractivity (Wildman–Crippen MR) is 71.7 cm³/mol. The van der Waals surface area contributed by atoms with Gasteiger partial charge >= 0.3 is 5.97 Å². The van der Waals surface area contributed by atoms with Crippen LogP contribution in [0, 0.1) is 5.92 Å². The van der Waals surface area contributed by atoms with E-state index in [1.165, 1.54) is 4.90 Å². The number of nitrogens with zero attached hydrogens (tertiary/aromatic N) is 1. The number of alkyl halides is 1. The lowest BCUT2D eigenvalue weighted by atomic mass is 9.93. The molecule has 1 aliphatic carbocycles. The summed E-state index contributed by atoms with van der Waals surface area (Å²) in [6, 6.07) is -0.725. The van der Waals surface area contributed by atoms with E-state index < -0.39 is 12.0 Å². The predicted octanol–water partition coefficient (Wildman–Crippen LogP) is 1.94. The number of carbonyl (C=O) groups excluding carboxylic acids is 1. The number of rotatable bonds is 3. The first-order chi connectivity index (χ1) is 8.65. The molecule has 0 radical (unpaired) electrons. The number of halogens is 1. The number of carboxylic acids is 1.